The Morgan fingerprint density at radius 3 is 1.74 bits per heavy atom. The molecule has 2 heteroatoms. The maximum Gasteiger partial charge on any atom is 0.196 e. The van der Waals surface area contributed by atoms with E-state index in [9.17, 15) is 9.59 Å². The first-order chi connectivity index (χ1) is 11.3. The lowest BCUT2D eigenvalue weighted by molar-refractivity contribution is 0.0962. The molecule has 0 heterocycles. The second kappa shape index (κ2) is 6.84. The molecular formula is C21H16O2. The van der Waals surface area contributed by atoms with Gasteiger partial charge in [-0.3, -0.25) is 9.59 Å². The van der Waals surface area contributed by atoms with Gasteiger partial charge in [0.15, 0.2) is 11.6 Å². The summed E-state index contributed by atoms with van der Waals surface area (Å²) in [6, 6.07) is 17.8. The standard InChI is InChI=1S/C21H16O2/c22-20(17-11-3-1-4-12-17)19(15-16-9-7-8-10-16)21(23)18-13-5-2-6-14-18/h1-7,9-15H,8H2. The van der Waals surface area contributed by atoms with E-state index in [2.05, 4.69) is 0 Å². The summed E-state index contributed by atoms with van der Waals surface area (Å²) in [4.78, 5) is 25.6. The molecule has 2 aromatic carbocycles. The van der Waals surface area contributed by atoms with E-state index in [0.29, 0.717) is 11.1 Å². The van der Waals surface area contributed by atoms with Crippen LogP contribution in [0.5, 0.6) is 0 Å². The van der Waals surface area contributed by atoms with Gasteiger partial charge >= 0.3 is 0 Å². The van der Waals surface area contributed by atoms with E-state index in [1.807, 2.05) is 30.4 Å². The lowest BCUT2D eigenvalue weighted by atomic mass is 9.94. The van der Waals surface area contributed by atoms with Crippen molar-refractivity contribution in [1.82, 2.24) is 0 Å². The van der Waals surface area contributed by atoms with Gasteiger partial charge in [-0.1, -0.05) is 78.9 Å². The van der Waals surface area contributed by atoms with Gasteiger partial charge in [-0.05, 0) is 18.1 Å². The van der Waals surface area contributed by atoms with Gasteiger partial charge in [-0.25, -0.2) is 0 Å². The van der Waals surface area contributed by atoms with Crippen LogP contribution in [0.4, 0.5) is 0 Å². The molecule has 2 aromatic rings. The molecule has 3 rings (SSSR count). The Morgan fingerprint density at radius 2 is 1.30 bits per heavy atom. The fourth-order valence-corrected chi connectivity index (χ4v) is 2.47. The van der Waals surface area contributed by atoms with Crippen LogP contribution in [0.3, 0.4) is 0 Å². The van der Waals surface area contributed by atoms with Crippen molar-refractivity contribution in [2.24, 2.45) is 0 Å². The minimum atomic E-state index is -0.249. The van der Waals surface area contributed by atoms with Gasteiger partial charge in [-0.15, -0.1) is 0 Å². The van der Waals surface area contributed by atoms with E-state index >= 15 is 0 Å². The summed E-state index contributed by atoms with van der Waals surface area (Å²) >= 11 is 0. The molecular weight excluding hydrogens is 284 g/mol. The number of benzene rings is 2. The molecule has 0 aliphatic heterocycles. The number of carbonyl (C=O) groups excluding carboxylic acids is 2. The number of allylic oxidation sites excluding steroid dienone is 6. The first-order valence-corrected chi connectivity index (χ1v) is 7.53. The SMILES string of the molecule is O=C(C(=CC1=CCC=C1)C(=O)c1ccccc1)c1ccccc1. The Morgan fingerprint density at radius 1 is 0.783 bits per heavy atom. The van der Waals surface area contributed by atoms with Crippen LogP contribution in [-0.2, 0) is 0 Å². The van der Waals surface area contributed by atoms with Crippen molar-refractivity contribution in [3.63, 3.8) is 0 Å². The summed E-state index contributed by atoms with van der Waals surface area (Å²) in [5.41, 5.74) is 2.13. The zero-order valence-corrected chi connectivity index (χ0v) is 12.6. The van der Waals surface area contributed by atoms with Crippen molar-refractivity contribution < 1.29 is 9.59 Å². The maximum absolute atomic E-state index is 12.8. The molecule has 23 heavy (non-hydrogen) atoms. The Bertz CT molecular complexity index is 756. The molecule has 0 unspecified atom stereocenters. The molecule has 1 aliphatic rings. The molecule has 0 saturated heterocycles. The highest BCUT2D eigenvalue weighted by Gasteiger charge is 2.21. The number of hydrogen-bond acceptors (Lipinski definition) is 2. The molecule has 0 amide bonds. The number of rotatable bonds is 5. The summed E-state index contributed by atoms with van der Waals surface area (Å²) in [5.74, 6) is -0.499. The number of ketones is 2. The zero-order valence-electron chi connectivity index (χ0n) is 12.6. The van der Waals surface area contributed by atoms with E-state index in [4.69, 9.17) is 0 Å². The van der Waals surface area contributed by atoms with Crippen molar-refractivity contribution in [2.75, 3.05) is 0 Å². The molecule has 2 nitrogen and oxygen atoms in total. The van der Waals surface area contributed by atoms with Gasteiger partial charge in [0.25, 0.3) is 0 Å². The van der Waals surface area contributed by atoms with E-state index < -0.39 is 0 Å². The van der Waals surface area contributed by atoms with Gasteiger partial charge in [-0.2, -0.15) is 0 Å². The van der Waals surface area contributed by atoms with E-state index in [0.717, 1.165) is 12.0 Å². The molecule has 0 aromatic heterocycles. The summed E-state index contributed by atoms with van der Waals surface area (Å²) in [7, 11) is 0. The third-order valence-corrected chi connectivity index (χ3v) is 3.67. The molecule has 0 atom stereocenters. The highest BCUT2D eigenvalue weighted by atomic mass is 16.1. The Kier molecular flexibility index (Phi) is 4.44. The van der Waals surface area contributed by atoms with Crippen LogP contribution < -0.4 is 0 Å². The Balaban J connectivity index is 2.02. The lowest BCUT2D eigenvalue weighted by Crippen LogP contribution is -2.14. The third-order valence-electron chi connectivity index (χ3n) is 3.67. The predicted octanol–water partition coefficient (Wildman–Crippen LogP) is 4.56. The average Bonchev–Trinajstić information content (AvgIpc) is 3.13. The van der Waals surface area contributed by atoms with Crippen LogP contribution in [0.15, 0.2) is 96.1 Å². The maximum atomic E-state index is 12.8. The fourth-order valence-electron chi connectivity index (χ4n) is 2.47. The molecule has 0 saturated carbocycles. The van der Waals surface area contributed by atoms with Crippen LogP contribution in [0, 0.1) is 0 Å². The lowest BCUT2D eigenvalue weighted by Gasteiger charge is -2.07. The predicted molar refractivity (Wildman–Crippen MR) is 91.5 cm³/mol. The second-order valence-corrected chi connectivity index (χ2v) is 5.29. The third kappa shape index (κ3) is 3.43. The molecule has 1 aliphatic carbocycles. The number of Topliss-reactive ketones (excluding diaryl/α,β-unsaturated/α-hetero) is 2. The highest BCUT2D eigenvalue weighted by Crippen LogP contribution is 2.19. The summed E-state index contributed by atoms with van der Waals surface area (Å²) < 4.78 is 0. The summed E-state index contributed by atoms with van der Waals surface area (Å²) in [6.45, 7) is 0. The quantitative estimate of drug-likeness (QED) is 0.351. The Hall–Kier alpha value is -3.00. The van der Waals surface area contributed by atoms with Gasteiger partial charge in [0.2, 0.25) is 0 Å². The van der Waals surface area contributed by atoms with E-state index in [-0.39, 0.29) is 17.1 Å². The van der Waals surface area contributed by atoms with Crippen molar-refractivity contribution >= 4 is 11.6 Å². The van der Waals surface area contributed by atoms with Crippen LogP contribution in [0.1, 0.15) is 27.1 Å². The fraction of sp³-hybridized carbons (Fsp3) is 0.0476. The summed E-state index contributed by atoms with van der Waals surface area (Å²) in [6.07, 6.45) is 8.45. The largest absolute Gasteiger partial charge is 0.288 e. The van der Waals surface area contributed by atoms with E-state index in [1.54, 1.807) is 54.6 Å². The van der Waals surface area contributed by atoms with Crippen molar-refractivity contribution in [2.45, 2.75) is 6.42 Å². The van der Waals surface area contributed by atoms with Gasteiger partial charge in [0.05, 0.1) is 5.57 Å². The smallest absolute Gasteiger partial charge is 0.196 e. The van der Waals surface area contributed by atoms with Crippen LogP contribution in [-0.4, -0.2) is 11.6 Å². The summed E-state index contributed by atoms with van der Waals surface area (Å²) in [5, 5.41) is 0. The van der Waals surface area contributed by atoms with Crippen molar-refractivity contribution in [3.05, 3.63) is 107 Å². The highest BCUT2D eigenvalue weighted by molar-refractivity contribution is 6.31. The number of carbonyl (C=O) groups is 2. The minimum absolute atomic E-state index is 0.195. The molecule has 0 spiro atoms. The molecule has 0 N–H and O–H groups in total. The normalized spacial score (nSPS) is 12.6. The van der Waals surface area contributed by atoms with Crippen LogP contribution in [0.2, 0.25) is 0 Å². The minimum Gasteiger partial charge on any atom is -0.288 e. The first kappa shape index (κ1) is 14.9. The molecule has 0 bridgehead atoms. The van der Waals surface area contributed by atoms with Crippen molar-refractivity contribution in [3.8, 4) is 0 Å². The average molecular weight is 300 g/mol. The molecule has 0 radical (unpaired) electrons. The molecule has 112 valence electrons. The zero-order chi connectivity index (χ0) is 16.1. The first-order valence-electron chi connectivity index (χ1n) is 7.53. The van der Waals surface area contributed by atoms with Crippen LogP contribution in [0.25, 0.3) is 0 Å². The van der Waals surface area contributed by atoms with Crippen LogP contribution >= 0.6 is 0 Å². The van der Waals surface area contributed by atoms with Gasteiger partial charge in [0.1, 0.15) is 0 Å². The van der Waals surface area contributed by atoms with Gasteiger partial charge < -0.3 is 0 Å². The van der Waals surface area contributed by atoms with Gasteiger partial charge in [0, 0.05) is 11.1 Å². The van der Waals surface area contributed by atoms with E-state index in [1.165, 1.54) is 0 Å². The monoisotopic (exact) mass is 300 g/mol. The molecule has 0 fully saturated rings. The van der Waals surface area contributed by atoms with Crippen molar-refractivity contribution in [1.29, 1.82) is 0 Å². The second-order valence-electron chi connectivity index (χ2n) is 5.29. The topological polar surface area (TPSA) is 34.1 Å². The Labute approximate surface area is 135 Å². The number of hydrogen-bond donors (Lipinski definition) is 0.